The fourth-order valence-electron chi connectivity index (χ4n) is 7.60. The highest BCUT2D eigenvalue weighted by Gasteiger charge is 2.58. The van der Waals surface area contributed by atoms with Gasteiger partial charge in [-0.2, -0.15) is 0 Å². The van der Waals surface area contributed by atoms with Gasteiger partial charge in [0.1, 0.15) is 36.8 Å². The van der Waals surface area contributed by atoms with Gasteiger partial charge in [0.2, 0.25) is 0 Å². The second-order valence-corrected chi connectivity index (χ2v) is 30.1. The largest absolute Gasteiger partial charge is 0.462 e. The fraction of sp³-hybridized carbons (Fsp3) is 0.721. The molecule has 478 valence electrons. The van der Waals surface area contributed by atoms with Crippen LogP contribution in [0.5, 0.6) is 0 Å². The maximum atomic E-state index is 14.0. The van der Waals surface area contributed by atoms with E-state index in [1.807, 2.05) is 0 Å². The summed E-state index contributed by atoms with van der Waals surface area (Å²) >= 11 is 0. The van der Waals surface area contributed by atoms with E-state index >= 15 is 0 Å². The number of carbonyl (C=O) groups is 8. The van der Waals surface area contributed by atoms with Crippen LogP contribution in [-0.2, 0) is 85.7 Å². The molecule has 0 aromatic carbocycles. The third-order valence-electron chi connectivity index (χ3n) is 13.1. The van der Waals surface area contributed by atoms with Gasteiger partial charge in [0, 0.05) is 0 Å². The zero-order valence-corrected chi connectivity index (χ0v) is 54.6. The number of aromatic nitrogens is 7. The van der Waals surface area contributed by atoms with Crippen LogP contribution >= 0.6 is 0 Å². The van der Waals surface area contributed by atoms with E-state index in [-0.39, 0.29) is 22.8 Å². The predicted octanol–water partition coefficient (Wildman–Crippen LogP) is 8.32. The summed E-state index contributed by atoms with van der Waals surface area (Å²) in [6, 6.07) is 4.89. The van der Waals surface area contributed by atoms with Crippen LogP contribution < -0.4 is 0 Å². The minimum absolute atomic E-state index is 0.140. The molecule has 0 amide bonds. The van der Waals surface area contributed by atoms with Crippen LogP contribution in [0.3, 0.4) is 0 Å². The van der Waals surface area contributed by atoms with Crippen molar-refractivity contribution in [1.29, 1.82) is 0 Å². The molecule has 0 radical (unpaired) electrons. The highest BCUT2D eigenvalue weighted by atomic mass is 16.7. The zero-order chi connectivity index (χ0) is 65.4. The average molecular weight is 1210 g/mol. The zero-order valence-electron chi connectivity index (χ0n) is 54.6. The molecule has 0 aliphatic carbocycles. The van der Waals surface area contributed by atoms with E-state index in [1.165, 1.54) is 21.8 Å². The van der Waals surface area contributed by atoms with Gasteiger partial charge in [-0.1, -0.05) is 16.5 Å². The van der Waals surface area contributed by atoms with E-state index in [2.05, 4.69) is 20.6 Å². The van der Waals surface area contributed by atoms with Gasteiger partial charge in [-0.15, -0.1) is 10.2 Å². The first-order chi connectivity index (χ1) is 39.0. The van der Waals surface area contributed by atoms with Crippen LogP contribution in [0.15, 0.2) is 30.6 Å². The van der Waals surface area contributed by atoms with Gasteiger partial charge in [-0.3, -0.25) is 38.4 Å². The van der Waals surface area contributed by atoms with Crippen molar-refractivity contribution in [3.8, 4) is 22.8 Å². The quantitative estimate of drug-likeness (QED) is 0.108. The van der Waals surface area contributed by atoms with E-state index in [0.29, 0.717) is 0 Å². The van der Waals surface area contributed by atoms with Crippen LogP contribution in [0.1, 0.15) is 179 Å². The minimum Gasteiger partial charge on any atom is -0.462 e. The molecular weight excluding hydrogens is 1120 g/mol. The molecule has 2 aliphatic heterocycles. The molecule has 10 atom stereocenters. The lowest BCUT2D eigenvalue weighted by Crippen LogP contribution is -2.62. The second kappa shape index (κ2) is 25.4. The molecule has 3 aromatic rings. The summed E-state index contributed by atoms with van der Waals surface area (Å²) in [6.45, 7) is 38.1. The Morgan fingerprint density at radius 2 is 0.605 bits per heavy atom. The summed E-state index contributed by atoms with van der Waals surface area (Å²) < 4.78 is 64.4. The molecule has 5 heterocycles. The Bertz CT molecular complexity index is 2770. The number of ether oxygens (including phenoxy) is 10. The Kier molecular flexibility index (Phi) is 20.7. The lowest BCUT2D eigenvalue weighted by molar-refractivity contribution is -0.277. The lowest BCUT2D eigenvalue weighted by Gasteiger charge is -2.45. The Labute approximate surface area is 504 Å². The van der Waals surface area contributed by atoms with Crippen LogP contribution in [0.25, 0.3) is 22.8 Å². The smallest absolute Gasteiger partial charge is 0.311 e. The molecule has 0 unspecified atom stereocenters. The molecule has 25 nitrogen and oxygen atoms in total. The standard InChI is InChI=1S/C61H91N7O18/c1-54(2,3)46(69)77-30-36-38(81-48(71)56(7,8)9)40(83-50(73)58(13,14)15)42(85-52(75)60(19,20)21)44(79-36)67-28-34(63-65-67)32-26-25-27-33(62-32)35-29-68(66-64-35)45-43(86-53(76)61(22,23)24)41(84-51(74)59(16,17)18)39(82-49(72)57(10,11)12)37(80-45)31-78-47(70)55(4,5)6/h25-29,36-45H,30-31H2,1-24H3/t36-,37-,38-,39-,40+,41+,42-,43-,44-,45-/m1/s1. The molecule has 2 fully saturated rings. The van der Waals surface area contributed by atoms with E-state index in [9.17, 15) is 38.4 Å². The molecule has 25 heteroatoms. The SMILES string of the molecule is CC(C)(C)C(=O)OC[C@H]1O[C@@H](n2cc(-c3cccc(-c4cn([C@@H]5O[C@H](COC(=O)C(C)(C)C)[C@@H](OC(=O)C(C)(C)C)[C@H](OC(=O)C(C)(C)C)[C@H]5OC(=O)C(C)(C)C)nn4)n3)nn2)[C@H](OC(=O)C(C)(C)C)[C@@H](OC(=O)C(C)(C)C)[C@@H]1OC(=O)C(C)(C)C. The number of hydrogen-bond acceptors (Lipinski definition) is 23. The second-order valence-electron chi connectivity index (χ2n) is 30.1. The van der Waals surface area contributed by atoms with Gasteiger partial charge >= 0.3 is 47.8 Å². The van der Waals surface area contributed by atoms with Crippen molar-refractivity contribution in [2.24, 2.45) is 43.3 Å². The Morgan fingerprint density at radius 1 is 0.360 bits per heavy atom. The maximum absolute atomic E-state index is 14.0. The van der Waals surface area contributed by atoms with Gasteiger partial charge in [0.05, 0.1) is 67.1 Å². The van der Waals surface area contributed by atoms with Crippen molar-refractivity contribution in [2.75, 3.05) is 13.2 Å². The normalized spacial score (nSPS) is 23.5. The first-order valence-electron chi connectivity index (χ1n) is 28.7. The van der Waals surface area contributed by atoms with E-state index < -0.39 is 166 Å². The number of esters is 8. The minimum atomic E-state index is -1.57. The number of pyridine rings is 1. The average Bonchev–Trinajstić information content (AvgIpc) is 1.36. The molecule has 86 heavy (non-hydrogen) atoms. The molecule has 3 aromatic heterocycles. The summed E-state index contributed by atoms with van der Waals surface area (Å²) in [5, 5.41) is 17.7. The third-order valence-corrected chi connectivity index (χ3v) is 13.1. The molecule has 0 spiro atoms. The summed E-state index contributed by atoms with van der Waals surface area (Å²) in [6.07, 6.45) is -12.1. The Morgan fingerprint density at radius 3 is 0.860 bits per heavy atom. The van der Waals surface area contributed by atoms with Crippen molar-refractivity contribution in [1.82, 2.24) is 35.0 Å². The molecule has 2 saturated heterocycles. The van der Waals surface area contributed by atoms with Crippen molar-refractivity contribution in [3.05, 3.63) is 30.6 Å². The van der Waals surface area contributed by atoms with Crippen molar-refractivity contribution in [3.63, 3.8) is 0 Å². The number of hydrogen-bond donors (Lipinski definition) is 0. The Hall–Kier alpha value is -6.89. The van der Waals surface area contributed by atoms with Crippen molar-refractivity contribution >= 4 is 47.8 Å². The van der Waals surface area contributed by atoms with Gasteiger partial charge in [0.25, 0.3) is 0 Å². The molecular formula is C61H91N7O18. The molecule has 0 saturated carbocycles. The van der Waals surface area contributed by atoms with E-state index in [4.69, 9.17) is 52.4 Å². The molecule has 0 N–H and O–H groups in total. The van der Waals surface area contributed by atoms with E-state index in [1.54, 1.807) is 184 Å². The van der Waals surface area contributed by atoms with Crippen LogP contribution in [0.4, 0.5) is 0 Å². The van der Waals surface area contributed by atoms with Crippen molar-refractivity contribution in [2.45, 2.75) is 227 Å². The highest BCUT2D eigenvalue weighted by Crippen LogP contribution is 2.41. The van der Waals surface area contributed by atoms with E-state index in [0.717, 1.165) is 0 Å². The Balaban J connectivity index is 1.65. The summed E-state index contributed by atoms with van der Waals surface area (Å²) in [5.41, 5.74) is -7.87. The molecule has 5 rings (SSSR count). The van der Waals surface area contributed by atoms with Crippen LogP contribution in [0.2, 0.25) is 0 Å². The summed E-state index contributed by atoms with van der Waals surface area (Å²) in [7, 11) is 0. The number of carbonyl (C=O) groups excluding carboxylic acids is 8. The number of nitrogens with zero attached hydrogens (tertiary/aromatic N) is 7. The van der Waals surface area contributed by atoms with Crippen LogP contribution in [-0.4, -0.2) is 145 Å². The fourth-order valence-corrected chi connectivity index (χ4v) is 7.60. The lowest BCUT2D eigenvalue weighted by atomic mass is 9.92. The summed E-state index contributed by atoms with van der Waals surface area (Å²) in [4.78, 5) is 115. The maximum Gasteiger partial charge on any atom is 0.311 e. The predicted molar refractivity (Wildman–Crippen MR) is 307 cm³/mol. The van der Waals surface area contributed by atoms with Gasteiger partial charge < -0.3 is 47.4 Å². The molecule has 0 bridgehead atoms. The molecule has 2 aliphatic rings. The van der Waals surface area contributed by atoms with Crippen LogP contribution in [0, 0.1) is 43.3 Å². The first-order valence-corrected chi connectivity index (χ1v) is 28.7. The van der Waals surface area contributed by atoms with Crippen molar-refractivity contribution < 1.29 is 85.7 Å². The third kappa shape index (κ3) is 17.6. The monoisotopic (exact) mass is 1210 g/mol. The summed E-state index contributed by atoms with van der Waals surface area (Å²) in [5.74, 6) is -5.65. The number of rotatable bonds is 14. The highest BCUT2D eigenvalue weighted by molar-refractivity contribution is 5.80. The van der Waals surface area contributed by atoms with Gasteiger partial charge in [0.15, 0.2) is 49.1 Å². The van der Waals surface area contributed by atoms with Gasteiger partial charge in [-0.25, -0.2) is 14.3 Å². The van der Waals surface area contributed by atoms with Gasteiger partial charge in [-0.05, 0) is 178 Å². The first kappa shape index (κ1) is 69.9. The topological polar surface area (TPSA) is 303 Å².